The lowest BCUT2D eigenvalue weighted by atomic mass is 10.0. The van der Waals surface area contributed by atoms with Crippen LogP contribution in [0.2, 0.25) is 0 Å². The molecular formula is C19H35N3. The van der Waals surface area contributed by atoms with Gasteiger partial charge in [0.2, 0.25) is 0 Å². The fraction of sp³-hybridized carbons (Fsp3) is 0.684. The van der Waals surface area contributed by atoms with Crippen LogP contribution in [-0.4, -0.2) is 42.5 Å². The zero-order chi connectivity index (χ0) is 16.5. The van der Waals surface area contributed by atoms with Crippen molar-refractivity contribution >= 4 is 0 Å². The quantitative estimate of drug-likeness (QED) is 0.658. The lowest BCUT2D eigenvalue weighted by Gasteiger charge is -2.28. The normalized spacial score (nSPS) is 21.9. The predicted octanol–water partition coefficient (Wildman–Crippen LogP) is 3.75. The third kappa shape index (κ3) is 5.53. The van der Waals surface area contributed by atoms with E-state index in [2.05, 4.69) is 37.3 Å². The second-order valence-corrected chi connectivity index (χ2v) is 6.55. The SMILES string of the molecule is C=C/C(=C(N)\C=C/C)N(C)C1CCN(CCCC(C)CC)C1. The van der Waals surface area contributed by atoms with Gasteiger partial charge in [-0.1, -0.05) is 32.9 Å². The molecule has 0 aromatic heterocycles. The van der Waals surface area contributed by atoms with Gasteiger partial charge in [-0.05, 0) is 50.8 Å². The van der Waals surface area contributed by atoms with Gasteiger partial charge in [-0.3, -0.25) is 0 Å². The molecule has 0 spiro atoms. The molecule has 0 aromatic carbocycles. The van der Waals surface area contributed by atoms with Crippen LogP contribution in [-0.2, 0) is 0 Å². The second kappa shape index (κ2) is 9.73. The predicted molar refractivity (Wildman–Crippen MR) is 97.5 cm³/mol. The monoisotopic (exact) mass is 305 g/mol. The maximum absolute atomic E-state index is 6.14. The van der Waals surface area contributed by atoms with Gasteiger partial charge in [0.25, 0.3) is 0 Å². The Balaban J connectivity index is 2.51. The molecule has 0 saturated carbocycles. The zero-order valence-corrected chi connectivity index (χ0v) is 15.0. The molecule has 1 aliphatic heterocycles. The smallest absolute Gasteiger partial charge is 0.0594 e. The highest BCUT2D eigenvalue weighted by Gasteiger charge is 2.26. The number of nitrogens with two attached hydrogens (primary N) is 1. The van der Waals surface area contributed by atoms with Gasteiger partial charge in [-0.2, -0.15) is 0 Å². The molecular weight excluding hydrogens is 270 g/mol. The highest BCUT2D eigenvalue weighted by atomic mass is 15.2. The first-order chi connectivity index (χ1) is 10.5. The van der Waals surface area contributed by atoms with Crippen LogP contribution >= 0.6 is 0 Å². The Morgan fingerprint density at radius 3 is 2.82 bits per heavy atom. The van der Waals surface area contributed by atoms with E-state index in [1.54, 1.807) is 0 Å². The molecule has 1 heterocycles. The Morgan fingerprint density at radius 2 is 2.23 bits per heavy atom. The second-order valence-electron chi connectivity index (χ2n) is 6.55. The van der Waals surface area contributed by atoms with Gasteiger partial charge < -0.3 is 15.5 Å². The summed E-state index contributed by atoms with van der Waals surface area (Å²) in [4.78, 5) is 4.90. The highest BCUT2D eigenvalue weighted by molar-refractivity contribution is 5.29. The van der Waals surface area contributed by atoms with E-state index < -0.39 is 0 Å². The minimum atomic E-state index is 0.542. The van der Waals surface area contributed by atoms with Crippen LogP contribution in [0, 0.1) is 5.92 Å². The molecule has 3 nitrogen and oxygen atoms in total. The fourth-order valence-electron chi connectivity index (χ4n) is 3.13. The number of likely N-dealkylation sites (tertiary alicyclic amines) is 1. The molecule has 0 radical (unpaired) electrons. The average Bonchev–Trinajstić information content (AvgIpc) is 2.96. The Bertz CT molecular complexity index is 397. The average molecular weight is 306 g/mol. The molecule has 1 fully saturated rings. The minimum absolute atomic E-state index is 0.542. The molecule has 1 saturated heterocycles. The lowest BCUT2D eigenvalue weighted by Crippen LogP contribution is -2.35. The number of nitrogens with zero attached hydrogens (tertiary/aromatic N) is 2. The third-order valence-corrected chi connectivity index (χ3v) is 4.88. The first-order valence-electron chi connectivity index (χ1n) is 8.73. The van der Waals surface area contributed by atoms with Crippen molar-refractivity contribution in [1.82, 2.24) is 9.80 Å². The summed E-state index contributed by atoms with van der Waals surface area (Å²) in [7, 11) is 2.14. The molecule has 1 rings (SSSR count). The molecule has 0 aliphatic carbocycles. The van der Waals surface area contributed by atoms with Crippen molar-refractivity contribution in [3.05, 3.63) is 36.2 Å². The molecule has 2 atom stereocenters. The topological polar surface area (TPSA) is 32.5 Å². The summed E-state index contributed by atoms with van der Waals surface area (Å²) in [6.45, 7) is 14.1. The van der Waals surface area contributed by atoms with E-state index in [0.29, 0.717) is 6.04 Å². The van der Waals surface area contributed by atoms with E-state index in [0.717, 1.165) is 23.9 Å². The number of likely N-dealkylation sites (N-methyl/N-ethyl adjacent to an activating group) is 1. The first kappa shape index (κ1) is 18.8. The van der Waals surface area contributed by atoms with Crippen LogP contribution < -0.4 is 5.73 Å². The van der Waals surface area contributed by atoms with Crippen LogP contribution in [0.25, 0.3) is 0 Å². The molecule has 1 aliphatic rings. The summed E-state index contributed by atoms with van der Waals surface area (Å²) in [5, 5.41) is 0. The highest BCUT2D eigenvalue weighted by Crippen LogP contribution is 2.21. The van der Waals surface area contributed by atoms with E-state index in [9.17, 15) is 0 Å². The van der Waals surface area contributed by atoms with Gasteiger partial charge in [0.05, 0.1) is 11.4 Å². The summed E-state index contributed by atoms with van der Waals surface area (Å²) >= 11 is 0. The molecule has 0 aromatic rings. The van der Waals surface area contributed by atoms with Gasteiger partial charge in [0.15, 0.2) is 0 Å². The number of hydrogen-bond acceptors (Lipinski definition) is 3. The molecule has 2 unspecified atom stereocenters. The lowest BCUT2D eigenvalue weighted by molar-refractivity contribution is 0.270. The van der Waals surface area contributed by atoms with Crippen LogP contribution in [0.15, 0.2) is 36.2 Å². The van der Waals surface area contributed by atoms with E-state index in [1.165, 1.54) is 38.8 Å². The third-order valence-electron chi connectivity index (χ3n) is 4.88. The van der Waals surface area contributed by atoms with Gasteiger partial charge >= 0.3 is 0 Å². The van der Waals surface area contributed by atoms with Crippen LogP contribution in [0.3, 0.4) is 0 Å². The largest absolute Gasteiger partial charge is 0.397 e. The standard InChI is InChI=1S/C19H35N3/c1-6-10-18(20)19(8-3)21(5)17-12-14-22(15-17)13-9-11-16(4)7-2/h6,8,10,16-17H,3,7,9,11-15,20H2,1-2,4-5H3/b10-6-,19-18-. The van der Waals surface area contributed by atoms with Gasteiger partial charge in [0, 0.05) is 26.2 Å². The maximum atomic E-state index is 6.14. The van der Waals surface area contributed by atoms with Crippen molar-refractivity contribution in [2.75, 3.05) is 26.7 Å². The molecule has 22 heavy (non-hydrogen) atoms. The van der Waals surface area contributed by atoms with Crippen molar-refractivity contribution in [2.45, 2.75) is 52.5 Å². The Labute approximate surface area is 137 Å². The van der Waals surface area contributed by atoms with E-state index in [4.69, 9.17) is 5.73 Å². The maximum Gasteiger partial charge on any atom is 0.0594 e. The van der Waals surface area contributed by atoms with Crippen molar-refractivity contribution in [3.63, 3.8) is 0 Å². The summed E-state index contributed by atoms with van der Waals surface area (Å²) < 4.78 is 0. The zero-order valence-electron chi connectivity index (χ0n) is 15.0. The van der Waals surface area contributed by atoms with E-state index in [-0.39, 0.29) is 0 Å². The fourth-order valence-corrected chi connectivity index (χ4v) is 3.13. The van der Waals surface area contributed by atoms with Gasteiger partial charge in [-0.15, -0.1) is 0 Å². The summed E-state index contributed by atoms with van der Waals surface area (Å²) in [6.07, 6.45) is 11.0. The molecule has 0 amide bonds. The Morgan fingerprint density at radius 1 is 1.50 bits per heavy atom. The number of allylic oxidation sites excluding steroid dienone is 3. The minimum Gasteiger partial charge on any atom is -0.397 e. The molecule has 126 valence electrons. The molecule has 3 heteroatoms. The summed E-state index contributed by atoms with van der Waals surface area (Å²) in [6, 6.07) is 0.542. The van der Waals surface area contributed by atoms with E-state index >= 15 is 0 Å². The van der Waals surface area contributed by atoms with E-state index in [1.807, 2.05) is 25.2 Å². The summed E-state index contributed by atoms with van der Waals surface area (Å²) in [5.74, 6) is 0.858. The van der Waals surface area contributed by atoms with Gasteiger partial charge in [0.1, 0.15) is 0 Å². The molecule has 0 bridgehead atoms. The van der Waals surface area contributed by atoms with Crippen LogP contribution in [0.4, 0.5) is 0 Å². The number of rotatable bonds is 9. The van der Waals surface area contributed by atoms with Crippen molar-refractivity contribution in [3.8, 4) is 0 Å². The first-order valence-corrected chi connectivity index (χ1v) is 8.73. The molecule has 2 N–H and O–H groups in total. The van der Waals surface area contributed by atoms with Crippen LogP contribution in [0.5, 0.6) is 0 Å². The Hall–Kier alpha value is -1.22. The summed E-state index contributed by atoms with van der Waals surface area (Å²) in [5.41, 5.74) is 7.98. The Kier molecular flexibility index (Phi) is 8.32. The van der Waals surface area contributed by atoms with Crippen LogP contribution in [0.1, 0.15) is 46.5 Å². The van der Waals surface area contributed by atoms with Crippen molar-refractivity contribution < 1.29 is 0 Å². The van der Waals surface area contributed by atoms with Crippen molar-refractivity contribution in [2.24, 2.45) is 11.7 Å². The van der Waals surface area contributed by atoms with Crippen molar-refractivity contribution in [1.29, 1.82) is 0 Å². The number of hydrogen-bond donors (Lipinski definition) is 1. The van der Waals surface area contributed by atoms with Gasteiger partial charge in [-0.25, -0.2) is 0 Å².